The molecule has 1 saturated carbocycles. The standard InChI is InChI=1S/C36H45N5O12S2/c1-6-48-27(46)16-40-33(47)28-24-10-13-36(11-8-7-9-12-36)14-26(24)55-32(28)37-35(40)54-18-23-15-41(39-38-23)34-31(52-22(5)45)30(51-21(4)44)29(50-20(3)43)25(53-34)17-49-19(2)42/h15,25,29-31,34H,6-14,16-18H2,1-5H3/t25-,29-,30+,31-,34-/m1/s1. The Morgan fingerprint density at radius 2 is 1.62 bits per heavy atom. The van der Waals surface area contributed by atoms with Gasteiger partial charge in [-0.05, 0) is 50.0 Å². The van der Waals surface area contributed by atoms with Crippen LogP contribution in [-0.2, 0) is 77.5 Å². The van der Waals surface area contributed by atoms with Crippen LogP contribution in [0, 0.1) is 5.41 Å². The number of carbonyl (C=O) groups excluding carboxylic acids is 5. The van der Waals surface area contributed by atoms with Crippen molar-refractivity contribution < 1.29 is 52.4 Å². The largest absolute Gasteiger partial charge is 0.465 e. The fourth-order valence-electron chi connectivity index (χ4n) is 7.77. The van der Waals surface area contributed by atoms with Gasteiger partial charge in [-0.3, -0.25) is 33.3 Å². The molecule has 0 radical (unpaired) electrons. The summed E-state index contributed by atoms with van der Waals surface area (Å²) in [6.45, 7) is 5.75. The van der Waals surface area contributed by atoms with E-state index in [4.69, 9.17) is 33.4 Å². The maximum absolute atomic E-state index is 14.2. The topological polar surface area (TPSA) is 206 Å². The number of esters is 5. The summed E-state index contributed by atoms with van der Waals surface area (Å²) in [5, 5.41) is 9.34. The maximum atomic E-state index is 14.2. The molecule has 0 amide bonds. The third kappa shape index (κ3) is 9.20. The molecule has 2 aliphatic carbocycles. The fourth-order valence-corrected chi connectivity index (χ4v) is 10.1. The number of hydrogen-bond donors (Lipinski definition) is 0. The highest BCUT2D eigenvalue weighted by molar-refractivity contribution is 7.98. The van der Waals surface area contributed by atoms with E-state index < -0.39 is 67.1 Å². The second-order valence-corrected chi connectivity index (χ2v) is 16.1. The van der Waals surface area contributed by atoms with Gasteiger partial charge in [-0.15, -0.1) is 16.4 Å². The zero-order valence-corrected chi connectivity index (χ0v) is 33.0. The monoisotopic (exact) mass is 803 g/mol. The van der Waals surface area contributed by atoms with Crippen LogP contribution in [0.3, 0.4) is 0 Å². The molecule has 1 aliphatic heterocycles. The smallest absolute Gasteiger partial charge is 0.326 e. The first kappa shape index (κ1) is 40.3. The van der Waals surface area contributed by atoms with Gasteiger partial charge < -0.3 is 28.4 Å². The van der Waals surface area contributed by atoms with Crippen molar-refractivity contribution in [2.45, 2.75) is 134 Å². The van der Waals surface area contributed by atoms with Crippen molar-refractivity contribution in [3.05, 3.63) is 32.7 Å². The van der Waals surface area contributed by atoms with Gasteiger partial charge in [0, 0.05) is 38.3 Å². The number of thioether (sulfide) groups is 1. The van der Waals surface area contributed by atoms with E-state index in [2.05, 4.69) is 10.3 Å². The molecule has 3 aromatic rings. The minimum Gasteiger partial charge on any atom is -0.465 e. The van der Waals surface area contributed by atoms with E-state index in [1.54, 1.807) is 18.3 Å². The van der Waals surface area contributed by atoms with E-state index in [0.29, 0.717) is 21.1 Å². The number of aromatic nitrogens is 5. The number of rotatable bonds is 12. The Labute approximate surface area is 324 Å². The predicted octanol–water partition coefficient (Wildman–Crippen LogP) is 3.60. The van der Waals surface area contributed by atoms with Gasteiger partial charge in [0.15, 0.2) is 29.7 Å². The molecule has 3 aromatic heterocycles. The Hall–Kier alpha value is -4.36. The number of carbonyl (C=O) groups is 5. The van der Waals surface area contributed by atoms with E-state index in [9.17, 15) is 28.8 Å². The van der Waals surface area contributed by atoms with Gasteiger partial charge in [-0.1, -0.05) is 36.2 Å². The number of hydrogen-bond acceptors (Lipinski definition) is 17. The van der Waals surface area contributed by atoms with Gasteiger partial charge in [0.05, 0.1) is 23.9 Å². The molecule has 0 bridgehead atoms. The number of fused-ring (bicyclic) bond motifs is 3. The van der Waals surface area contributed by atoms with Gasteiger partial charge >= 0.3 is 29.8 Å². The fraction of sp³-hybridized carbons (Fsp3) is 0.639. The minimum atomic E-state index is -1.38. The third-order valence-electron chi connectivity index (χ3n) is 10.0. The summed E-state index contributed by atoms with van der Waals surface area (Å²) in [5.74, 6) is -3.33. The normalized spacial score (nSPS) is 23.1. The van der Waals surface area contributed by atoms with Crippen LogP contribution in [0.5, 0.6) is 0 Å². The molecule has 5 atom stereocenters. The molecule has 3 aliphatic rings. The zero-order valence-electron chi connectivity index (χ0n) is 31.4. The van der Waals surface area contributed by atoms with E-state index in [-0.39, 0.29) is 29.9 Å². The molecule has 6 rings (SSSR count). The lowest BCUT2D eigenvalue weighted by Crippen LogP contribution is -2.60. The first-order chi connectivity index (χ1) is 26.3. The molecular formula is C36H45N5O12S2. The van der Waals surface area contributed by atoms with Crippen LogP contribution in [0.4, 0.5) is 0 Å². The number of aryl methyl sites for hydroxylation is 1. The second kappa shape index (κ2) is 17.2. The van der Waals surface area contributed by atoms with Gasteiger partial charge in [0.1, 0.15) is 24.1 Å². The van der Waals surface area contributed by atoms with Crippen molar-refractivity contribution in [2.75, 3.05) is 13.2 Å². The van der Waals surface area contributed by atoms with Gasteiger partial charge in [-0.2, -0.15) is 0 Å². The summed E-state index contributed by atoms with van der Waals surface area (Å²) in [7, 11) is 0. The summed E-state index contributed by atoms with van der Waals surface area (Å²) in [6, 6.07) is 0. The Morgan fingerprint density at radius 1 is 0.927 bits per heavy atom. The Morgan fingerprint density at radius 3 is 2.29 bits per heavy atom. The first-order valence-corrected chi connectivity index (χ1v) is 20.1. The van der Waals surface area contributed by atoms with Crippen molar-refractivity contribution in [3.8, 4) is 0 Å². The second-order valence-electron chi connectivity index (χ2n) is 14.1. The van der Waals surface area contributed by atoms with Crippen LogP contribution in [-0.4, -0.2) is 92.0 Å². The Kier molecular flexibility index (Phi) is 12.6. The molecule has 4 heterocycles. The quantitative estimate of drug-likeness (QED) is 0.111. The molecule has 0 aromatic carbocycles. The van der Waals surface area contributed by atoms with Crippen molar-refractivity contribution in [1.82, 2.24) is 24.5 Å². The number of nitrogens with zero attached hydrogens (tertiary/aromatic N) is 5. The summed E-state index contributed by atoms with van der Waals surface area (Å²) in [6.07, 6.45) is 3.85. The summed E-state index contributed by atoms with van der Waals surface area (Å²) in [5.41, 5.74) is 1.41. The van der Waals surface area contributed by atoms with Gasteiger partial charge in [0.2, 0.25) is 0 Å². The van der Waals surface area contributed by atoms with E-state index in [1.807, 2.05) is 0 Å². The summed E-state index contributed by atoms with van der Waals surface area (Å²) < 4.78 is 35.7. The number of ether oxygens (including phenoxy) is 6. The average molecular weight is 804 g/mol. The van der Waals surface area contributed by atoms with E-state index in [0.717, 1.165) is 45.6 Å². The highest BCUT2D eigenvalue weighted by Crippen LogP contribution is 2.49. The van der Waals surface area contributed by atoms with Crippen molar-refractivity contribution in [3.63, 3.8) is 0 Å². The van der Waals surface area contributed by atoms with Crippen LogP contribution >= 0.6 is 23.1 Å². The lowest BCUT2D eigenvalue weighted by Gasteiger charge is -2.44. The predicted molar refractivity (Wildman–Crippen MR) is 195 cm³/mol. The van der Waals surface area contributed by atoms with E-state index >= 15 is 0 Å². The highest BCUT2D eigenvalue weighted by atomic mass is 32.2. The molecule has 298 valence electrons. The average Bonchev–Trinajstić information content (AvgIpc) is 3.73. The van der Waals surface area contributed by atoms with Gasteiger partial charge in [0.25, 0.3) is 5.56 Å². The van der Waals surface area contributed by atoms with E-state index in [1.165, 1.54) is 71.1 Å². The van der Waals surface area contributed by atoms with Crippen molar-refractivity contribution >= 4 is 63.2 Å². The molecule has 1 saturated heterocycles. The lowest BCUT2D eigenvalue weighted by atomic mass is 9.65. The van der Waals surface area contributed by atoms with Crippen LogP contribution in [0.2, 0.25) is 0 Å². The first-order valence-electron chi connectivity index (χ1n) is 18.3. The molecule has 1 spiro atoms. The molecule has 0 N–H and O–H groups in total. The molecule has 0 unspecified atom stereocenters. The Balaban J connectivity index is 1.30. The van der Waals surface area contributed by atoms with Crippen LogP contribution < -0.4 is 5.56 Å². The Bertz CT molecular complexity index is 2000. The maximum Gasteiger partial charge on any atom is 0.326 e. The molecule has 55 heavy (non-hydrogen) atoms. The summed E-state index contributed by atoms with van der Waals surface area (Å²) in [4.78, 5) is 82.1. The molecular weight excluding hydrogens is 759 g/mol. The highest BCUT2D eigenvalue weighted by Gasteiger charge is 2.53. The minimum absolute atomic E-state index is 0.139. The van der Waals surface area contributed by atoms with Crippen molar-refractivity contribution in [2.24, 2.45) is 5.41 Å². The van der Waals surface area contributed by atoms with Gasteiger partial charge in [-0.25, -0.2) is 9.67 Å². The lowest BCUT2D eigenvalue weighted by molar-refractivity contribution is -0.270. The third-order valence-corrected chi connectivity index (χ3v) is 12.2. The molecule has 19 heteroatoms. The molecule has 17 nitrogen and oxygen atoms in total. The SMILES string of the molecule is CCOC(=O)Cn1c(SCc2cn([C@@H]3O[C@H](COC(C)=O)[C@@H](OC(C)=O)[C@H](OC(C)=O)[C@H]3OC(C)=O)nn2)nc2sc3c(c2c1=O)CCC1(CCCCC1)C3. The van der Waals surface area contributed by atoms with Crippen LogP contribution in [0.1, 0.15) is 95.5 Å². The number of thiophene rings is 1. The summed E-state index contributed by atoms with van der Waals surface area (Å²) >= 11 is 2.74. The molecule has 2 fully saturated rings. The zero-order chi connectivity index (χ0) is 39.4. The van der Waals surface area contributed by atoms with Crippen LogP contribution in [0.25, 0.3) is 10.2 Å². The van der Waals surface area contributed by atoms with Crippen LogP contribution in [0.15, 0.2) is 16.1 Å². The van der Waals surface area contributed by atoms with Crippen molar-refractivity contribution in [1.29, 1.82) is 0 Å².